The Balaban J connectivity index is 1.67. The second-order valence-corrected chi connectivity index (χ2v) is 5.58. The summed E-state index contributed by atoms with van der Waals surface area (Å²) in [6.07, 6.45) is 2.51. The smallest absolute Gasteiger partial charge is 0.226 e. The molecule has 2 aliphatic heterocycles. The number of nitrogens with zero attached hydrogens (tertiary/aromatic N) is 2. The fourth-order valence-electron chi connectivity index (χ4n) is 3.02. The highest BCUT2D eigenvalue weighted by molar-refractivity contribution is 5.79. The van der Waals surface area contributed by atoms with E-state index in [0.29, 0.717) is 32.2 Å². The van der Waals surface area contributed by atoms with Crippen molar-refractivity contribution in [1.29, 1.82) is 0 Å². The molecule has 0 bridgehead atoms. The maximum Gasteiger partial charge on any atom is 0.226 e. The highest BCUT2D eigenvalue weighted by Gasteiger charge is 2.29. The molecule has 114 valence electrons. The van der Waals surface area contributed by atoms with Crippen LogP contribution in [0.25, 0.3) is 0 Å². The van der Waals surface area contributed by atoms with Gasteiger partial charge in [-0.2, -0.15) is 0 Å². The van der Waals surface area contributed by atoms with Crippen molar-refractivity contribution in [3.8, 4) is 5.88 Å². The molecule has 21 heavy (non-hydrogen) atoms. The van der Waals surface area contributed by atoms with Crippen molar-refractivity contribution in [2.24, 2.45) is 5.92 Å². The number of rotatable bonds is 3. The van der Waals surface area contributed by atoms with Crippen LogP contribution in [0.15, 0.2) is 12.1 Å². The van der Waals surface area contributed by atoms with Crippen LogP contribution in [0.3, 0.4) is 0 Å². The first-order valence-electron chi connectivity index (χ1n) is 7.76. The van der Waals surface area contributed by atoms with E-state index in [4.69, 9.17) is 9.47 Å². The van der Waals surface area contributed by atoms with E-state index in [-0.39, 0.29) is 11.8 Å². The molecule has 0 N–H and O–H groups in total. The van der Waals surface area contributed by atoms with Crippen molar-refractivity contribution in [1.82, 2.24) is 9.88 Å². The topological polar surface area (TPSA) is 51.7 Å². The van der Waals surface area contributed by atoms with Crippen molar-refractivity contribution in [2.75, 3.05) is 26.4 Å². The minimum Gasteiger partial charge on any atom is -0.478 e. The summed E-state index contributed by atoms with van der Waals surface area (Å²) in [5.74, 6) is 1.09. The Kier molecular flexibility index (Phi) is 4.39. The lowest BCUT2D eigenvalue weighted by Crippen LogP contribution is -2.41. The monoisotopic (exact) mass is 290 g/mol. The van der Waals surface area contributed by atoms with Crippen molar-refractivity contribution >= 4 is 5.91 Å². The van der Waals surface area contributed by atoms with Gasteiger partial charge in [0.15, 0.2) is 0 Å². The van der Waals surface area contributed by atoms with Crippen LogP contribution < -0.4 is 4.74 Å². The molecule has 1 aromatic heterocycles. The Morgan fingerprint density at radius 1 is 1.43 bits per heavy atom. The molecule has 1 saturated heterocycles. The van der Waals surface area contributed by atoms with Gasteiger partial charge in [-0.1, -0.05) is 6.07 Å². The molecule has 2 aliphatic rings. The number of fused-ring (bicyclic) bond motifs is 1. The number of hydrogen-bond donors (Lipinski definition) is 0. The fourth-order valence-corrected chi connectivity index (χ4v) is 3.02. The molecule has 0 spiro atoms. The average Bonchev–Trinajstić information content (AvgIpc) is 2.55. The number of amides is 1. The lowest BCUT2D eigenvalue weighted by Gasteiger charge is -2.32. The first-order valence-corrected chi connectivity index (χ1v) is 7.76. The van der Waals surface area contributed by atoms with Gasteiger partial charge in [0.1, 0.15) is 0 Å². The van der Waals surface area contributed by atoms with Gasteiger partial charge in [-0.05, 0) is 25.3 Å². The lowest BCUT2D eigenvalue weighted by molar-refractivity contribution is -0.139. The molecule has 0 aromatic carbocycles. The first-order chi connectivity index (χ1) is 10.3. The summed E-state index contributed by atoms with van der Waals surface area (Å²) >= 11 is 0. The molecular weight excluding hydrogens is 268 g/mol. The zero-order chi connectivity index (χ0) is 14.7. The number of carbonyl (C=O) groups is 1. The number of ether oxygens (including phenoxy) is 2. The van der Waals surface area contributed by atoms with Gasteiger partial charge >= 0.3 is 0 Å². The maximum atomic E-state index is 12.6. The molecule has 1 aromatic rings. The molecule has 3 rings (SSSR count). The van der Waals surface area contributed by atoms with Gasteiger partial charge < -0.3 is 14.4 Å². The normalized spacial score (nSPS) is 19.2. The highest BCUT2D eigenvalue weighted by atomic mass is 16.5. The molecular formula is C16H22N2O3. The van der Waals surface area contributed by atoms with Crippen molar-refractivity contribution in [3.63, 3.8) is 0 Å². The third-order valence-corrected chi connectivity index (χ3v) is 4.20. The molecule has 0 aliphatic carbocycles. The minimum atomic E-state index is 0.135. The Bertz CT molecular complexity index is 512. The van der Waals surface area contributed by atoms with Crippen molar-refractivity contribution in [2.45, 2.75) is 32.7 Å². The first kappa shape index (κ1) is 14.3. The van der Waals surface area contributed by atoms with E-state index in [1.807, 2.05) is 24.0 Å². The number of pyridine rings is 1. The van der Waals surface area contributed by atoms with Gasteiger partial charge in [0.05, 0.1) is 12.3 Å². The SMILES string of the molecule is CCOc1ccc2c(n1)CCN(C(=O)C1CCOCC1)C2. The molecule has 3 heterocycles. The highest BCUT2D eigenvalue weighted by Crippen LogP contribution is 2.24. The van der Waals surface area contributed by atoms with Crippen LogP contribution in [-0.4, -0.2) is 42.2 Å². The summed E-state index contributed by atoms with van der Waals surface area (Å²) in [6, 6.07) is 3.93. The number of hydrogen-bond acceptors (Lipinski definition) is 4. The quantitative estimate of drug-likeness (QED) is 0.851. The van der Waals surface area contributed by atoms with Crippen molar-refractivity contribution < 1.29 is 14.3 Å². The fraction of sp³-hybridized carbons (Fsp3) is 0.625. The van der Waals surface area contributed by atoms with E-state index in [0.717, 1.165) is 37.1 Å². The molecule has 1 fully saturated rings. The number of aromatic nitrogens is 1. The summed E-state index contributed by atoms with van der Waals surface area (Å²) in [5.41, 5.74) is 2.21. The Labute approximate surface area is 125 Å². The van der Waals surface area contributed by atoms with Crippen LogP contribution in [0.1, 0.15) is 31.0 Å². The molecule has 5 heteroatoms. The molecule has 0 unspecified atom stereocenters. The largest absolute Gasteiger partial charge is 0.478 e. The van der Waals surface area contributed by atoms with Gasteiger partial charge in [0.25, 0.3) is 0 Å². The van der Waals surface area contributed by atoms with Crippen LogP contribution in [0.5, 0.6) is 5.88 Å². The molecule has 0 radical (unpaired) electrons. The summed E-state index contributed by atoms with van der Waals surface area (Å²) in [7, 11) is 0. The van der Waals surface area contributed by atoms with E-state index < -0.39 is 0 Å². The van der Waals surface area contributed by atoms with Gasteiger partial charge in [-0.3, -0.25) is 4.79 Å². The lowest BCUT2D eigenvalue weighted by atomic mass is 9.96. The van der Waals surface area contributed by atoms with Crippen LogP contribution >= 0.6 is 0 Å². The summed E-state index contributed by atoms with van der Waals surface area (Å²) in [6.45, 7) is 5.42. The van der Waals surface area contributed by atoms with E-state index in [9.17, 15) is 4.79 Å². The minimum absolute atomic E-state index is 0.135. The third-order valence-electron chi connectivity index (χ3n) is 4.20. The van der Waals surface area contributed by atoms with Crippen LogP contribution in [0, 0.1) is 5.92 Å². The summed E-state index contributed by atoms with van der Waals surface area (Å²) < 4.78 is 10.8. The Hall–Kier alpha value is -1.62. The van der Waals surface area contributed by atoms with Crippen molar-refractivity contribution in [3.05, 3.63) is 23.4 Å². The van der Waals surface area contributed by atoms with Gasteiger partial charge in [-0.25, -0.2) is 4.98 Å². The van der Waals surface area contributed by atoms with E-state index >= 15 is 0 Å². The molecule has 5 nitrogen and oxygen atoms in total. The second-order valence-electron chi connectivity index (χ2n) is 5.58. The maximum absolute atomic E-state index is 12.6. The van der Waals surface area contributed by atoms with Gasteiger partial charge in [-0.15, -0.1) is 0 Å². The Morgan fingerprint density at radius 2 is 2.24 bits per heavy atom. The molecule has 1 amide bonds. The zero-order valence-corrected chi connectivity index (χ0v) is 12.5. The van der Waals surface area contributed by atoms with Crippen LogP contribution in [-0.2, 0) is 22.5 Å². The zero-order valence-electron chi connectivity index (χ0n) is 12.5. The molecule has 0 atom stereocenters. The summed E-state index contributed by atoms with van der Waals surface area (Å²) in [4.78, 5) is 19.1. The predicted molar refractivity (Wildman–Crippen MR) is 78.1 cm³/mol. The number of carbonyl (C=O) groups excluding carboxylic acids is 1. The van der Waals surface area contributed by atoms with Crippen LogP contribution in [0.4, 0.5) is 0 Å². The Morgan fingerprint density at radius 3 is 3.00 bits per heavy atom. The third kappa shape index (κ3) is 3.18. The predicted octanol–water partition coefficient (Wildman–Crippen LogP) is 1.79. The van der Waals surface area contributed by atoms with E-state index in [2.05, 4.69) is 4.98 Å². The standard InChI is InChI=1S/C16H22N2O3/c1-2-21-15-4-3-13-11-18(8-5-14(13)17-15)16(19)12-6-9-20-10-7-12/h3-4,12H,2,5-11H2,1H3. The average molecular weight is 290 g/mol. The van der Waals surface area contributed by atoms with Gasteiger partial charge in [0.2, 0.25) is 11.8 Å². The van der Waals surface area contributed by atoms with Gasteiger partial charge in [0, 0.05) is 44.7 Å². The second kappa shape index (κ2) is 6.43. The molecule has 0 saturated carbocycles. The van der Waals surface area contributed by atoms with E-state index in [1.165, 1.54) is 0 Å². The summed E-state index contributed by atoms with van der Waals surface area (Å²) in [5, 5.41) is 0. The van der Waals surface area contributed by atoms with E-state index in [1.54, 1.807) is 0 Å². The van der Waals surface area contributed by atoms with Crippen LogP contribution in [0.2, 0.25) is 0 Å².